The summed E-state index contributed by atoms with van der Waals surface area (Å²) in [6, 6.07) is 13.6. The fourth-order valence-electron chi connectivity index (χ4n) is 2.16. The molecule has 0 spiro atoms. The Morgan fingerprint density at radius 1 is 1.20 bits per heavy atom. The third kappa shape index (κ3) is 4.27. The maximum atomic E-state index is 13.2. The molecule has 0 heterocycles. The van der Waals surface area contributed by atoms with Gasteiger partial charge in [0.25, 0.3) is 0 Å². The van der Waals surface area contributed by atoms with E-state index in [1.807, 2.05) is 6.07 Å². The van der Waals surface area contributed by atoms with E-state index in [-0.39, 0.29) is 11.9 Å². The average molecular weight is 448 g/mol. The minimum Gasteiger partial charge on any atom is -0.310 e. The second kappa shape index (κ2) is 7.52. The number of nitrogens with one attached hydrogen (secondary N) is 1. The first-order valence-electron chi connectivity index (χ1n) is 6.53. The van der Waals surface area contributed by atoms with Crippen LogP contribution in [0.5, 0.6) is 0 Å². The van der Waals surface area contributed by atoms with Crippen LogP contribution in [0.2, 0.25) is 0 Å². The predicted octanol–water partition coefficient (Wildman–Crippen LogP) is 5.09. The first kappa shape index (κ1) is 15.9. The Hall–Kier alpha value is -0.460. The van der Waals surface area contributed by atoms with E-state index in [0.29, 0.717) is 0 Å². The highest BCUT2D eigenvalue weighted by molar-refractivity contribution is 14.1. The molecule has 4 heteroatoms. The molecule has 0 aliphatic rings. The van der Waals surface area contributed by atoms with Crippen molar-refractivity contribution in [1.29, 1.82) is 0 Å². The molecule has 1 N–H and O–H groups in total. The molecule has 2 aromatic rings. The Morgan fingerprint density at radius 2 is 1.90 bits per heavy atom. The Balaban J connectivity index is 2.22. The van der Waals surface area contributed by atoms with Gasteiger partial charge >= 0.3 is 0 Å². The molecule has 1 nitrogen and oxygen atoms in total. The molecule has 0 fully saturated rings. The Kier molecular flexibility index (Phi) is 5.99. The van der Waals surface area contributed by atoms with Crippen LogP contribution in [0.1, 0.15) is 24.1 Å². The van der Waals surface area contributed by atoms with Crippen LogP contribution in [0.15, 0.2) is 46.9 Å². The highest BCUT2D eigenvalue weighted by atomic mass is 127. The zero-order valence-electron chi connectivity index (χ0n) is 11.2. The van der Waals surface area contributed by atoms with Crippen LogP contribution in [0.4, 0.5) is 4.39 Å². The van der Waals surface area contributed by atoms with Crippen LogP contribution >= 0.6 is 38.5 Å². The van der Waals surface area contributed by atoms with Crippen LogP contribution < -0.4 is 5.32 Å². The summed E-state index contributed by atoms with van der Waals surface area (Å²) in [7, 11) is 0. The van der Waals surface area contributed by atoms with Crippen molar-refractivity contribution in [2.24, 2.45) is 0 Å². The first-order chi connectivity index (χ1) is 9.60. The van der Waals surface area contributed by atoms with Gasteiger partial charge in [0.2, 0.25) is 0 Å². The molecule has 0 saturated carbocycles. The second-order valence-corrected chi connectivity index (χ2v) is 6.70. The average Bonchev–Trinajstić information content (AvgIpc) is 2.42. The molecule has 0 radical (unpaired) electrons. The normalized spacial score (nSPS) is 12.4. The molecular weight excluding hydrogens is 432 g/mol. The maximum Gasteiger partial charge on any atom is 0.124 e. The summed E-state index contributed by atoms with van der Waals surface area (Å²) in [4.78, 5) is 0. The fraction of sp³-hybridized carbons (Fsp3) is 0.250. The SMILES string of the molecule is CCNC(Cc1ccc(F)cc1Br)c1ccc(I)cc1. The molecule has 0 bridgehead atoms. The zero-order valence-corrected chi connectivity index (χ0v) is 14.9. The number of hydrogen-bond donors (Lipinski definition) is 1. The van der Waals surface area contributed by atoms with Gasteiger partial charge < -0.3 is 5.32 Å². The van der Waals surface area contributed by atoms with E-state index >= 15 is 0 Å². The van der Waals surface area contributed by atoms with Crippen LogP contribution in [-0.4, -0.2) is 6.54 Å². The summed E-state index contributed by atoms with van der Waals surface area (Å²) in [6.07, 6.45) is 0.829. The Morgan fingerprint density at radius 3 is 2.50 bits per heavy atom. The summed E-state index contributed by atoms with van der Waals surface area (Å²) in [6.45, 7) is 2.99. The molecule has 0 saturated heterocycles. The highest BCUT2D eigenvalue weighted by Gasteiger charge is 2.13. The third-order valence-corrected chi connectivity index (χ3v) is 4.62. The van der Waals surface area contributed by atoms with E-state index in [1.165, 1.54) is 21.3 Å². The standard InChI is InChI=1S/C16H16BrFIN/c1-2-20-16(11-4-7-14(19)8-5-11)9-12-3-6-13(18)10-15(12)17/h3-8,10,16,20H,2,9H2,1H3. The van der Waals surface area contributed by atoms with Gasteiger partial charge in [0.1, 0.15) is 5.82 Å². The minimum atomic E-state index is -0.213. The monoisotopic (exact) mass is 447 g/mol. The van der Waals surface area contributed by atoms with Crippen molar-refractivity contribution >= 4 is 38.5 Å². The summed E-state index contributed by atoms with van der Waals surface area (Å²) in [5, 5.41) is 3.49. The number of likely N-dealkylation sites (N-methyl/N-ethyl adjacent to an activating group) is 1. The fourth-order valence-corrected chi connectivity index (χ4v) is 3.03. The van der Waals surface area contributed by atoms with Gasteiger partial charge in [-0.15, -0.1) is 0 Å². The molecular formula is C16H16BrFIN. The molecule has 0 aliphatic carbocycles. The molecule has 20 heavy (non-hydrogen) atoms. The van der Waals surface area contributed by atoms with Gasteiger partial charge in [-0.25, -0.2) is 4.39 Å². The maximum absolute atomic E-state index is 13.2. The molecule has 2 aromatic carbocycles. The van der Waals surface area contributed by atoms with E-state index in [2.05, 4.69) is 75.0 Å². The van der Waals surface area contributed by atoms with Gasteiger partial charge in [0.05, 0.1) is 0 Å². The largest absolute Gasteiger partial charge is 0.310 e. The molecule has 0 aliphatic heterocycles. The Labute approximate surface area is 141 Å². The molecule has 1 atom stereocenters. The van der Waals surface area contributed by atoms with Crippen molar-refractivity contribution in [2.45, 2.75) is 19.4 Å². The molecule has 0 amide bonds. The highest BCUT2D eigenvalue weighted by Crippen LogP contribution is 2.25. The Bertz CT molecular complexity index is 571. The molecule has 1 unspecified atom stereocenters. The van der Waals surface area contributed by atoms with Crippen LogP contribution in [0.3, 0.4) is 0 Å². The smallest absolute Gasteiger partial charge is 0.124 e. The summed E-state index contributed by atoms with van der Waals surface area (Å²) in [5.74, 6) is -0.213. The molecule has 106 valence electrons. The second-order valence-electron chi connectivity index (χ2n) is 4.60. The van der Waals surface area contributed by atoms with Gasteiger partial charge in [-0.05, 0) is 70.9 Å². The third-order valence-electron chi connectivity index (χ3n) is 3.16. The van der Waals surface area contributed by atoms with Crippen molar-refractivity contribution in [3.63, 3.8) is 0 Å². The lowest BCUT2D eigenvalue weighted by Gasteiger charge is -2.19. The van der Waals surface area contributed by atoms with Crippen molar-refractivity contribution < 1.29 is 4.39 Å². The zero-order chi connectivity index (χ0) is 14.5. The predicted molar refractivity (Wildman–Crippen MR) is 93.4 cm³/mol. The van der Waals surface area contributed by atoms with Crippen LogP contribution in [-0.2, 0) is 6.42 Å². The van der Waals surface area contributed by atoms with E-state index in [4.69, 9.17) is 0 Å². The quantitative estimate of drug-likeness (QED) is 0.629. The van der Waals surface area contributed by atoms with E-state index in [1.54, 1.807) is 0 Å². The van der Waals surface area contributed by atoms with Crippen molar-refractivity contribution in [3.05, 3.63) is 67.5 Å². The molecule has 2 rings (SSSR count). The lowest BCUT2D eigenvalue weighted by Crippen LogP contribution is -2.23. The van der Waals surface area contributed by atoms with Crippen LogP contribution in [0, 0.1) is 9.39 Å². The van der Waals surface area contributed by atoms with Crippen molar-refractivity contribution in [2.75, 3.05) is 6.54 Å². The number of rotatable bonds is 5. The summed E-state index contributed by atoms with van der Waals surface area (Å²) in [5.41, 5.74) is 2.36. The number of benzene rings is 2. The van der Waals surface area contributed by atoms with Crippen molar-refractivity contribution in [1.82, 2.24) is 5.32 Å². The number of hydrogen-bond acceptors (Lipinski definition) is 1. The first-order valence-corrected chi connectivity index (χ1v) is 8.40. The molecule has 0 aromatic heterocycles. The lowest BCUT2D eigenvalue weighted by molar-refractivity contribution is 0.547. The van der Waals surface area contributed by atoms with E-state index in [9.17, 15) is 4.39 Å². The van der Waals surface area contributed by atoms with Gasteiger partial charge in [0, 0.05) is 14.1 Å². The topological polar surface area (TPSA) is 12.0 Å². The number of halogens is 3. The summed E-state index contributed by atoms with van der Waals surface area (Å²) < 4.78 is 15.2. The van der Waals surface area contributed by atoms with Gasteiger partial charge in [-0.2, -0.15) is 0 Å². The van der Waals surface area contributed by atoms with E-state index < -0.39 is 0 Å². The van der Waals surface area contributed by atoms with Crippen LogP contribution in [0.25, 0.3) is 0 Å². The van der Waals surface area contributed by atoms with Gasteiger partial charge in [-0.1, -0.05) is 41.1 Å². The lowest BCUT2D eigenvalue weighted by atomic mass is 9.99. The summed E-state index contributed by atoms with van der Waals surface area (Å²) >= 11 is 5.75. The van der Waals surface area contributed by atoms with E-state index in [0.717, 1.165) is 23.0 Å². The van der Waals surface area contributed by atoms with Crippen molar-refractivity contribution in [3.8, 4) is 0 Å². The minimum absolute atomic E-state index is 0.213. The van der Waals surface area contributed by atoms with Gasteiger partial charge in [-0.3, -0.25) is 0 Å². The van der Waals surface area contributed by atoms with Gasteiger partial charge in [0.15, 0.2) is 0 Å².